The molecule has 5 nitrogen and oxygen atoms in total. The number of hydrogen-bond donors (Lipinski definition) is 1. The molecule has 0 fully saturated rings. The lowest BCUT2D eigenvalue weighted by Gasteiger charge is -2.17. The van der Waals surface area contributed by atoms with E-state index in [1.54, 1.807) is 0 Å². The van der Waals surface area contributed by atoms with Crippen LogP contribution in [0.25, 0.3) is 4.85 Å². The van der Waals surface area contributed by atoms with Crippen LogP contribution in [0.5, 0.6) is 11.5 Å². The van der Waals surface area contributed by atoms with Gasteiger partial charge in [-0.05, 0) is 24.3 Å². The second-order valence-corrected chi connectivity index (χ2v) is 7.89. The molecule has 0 heterocycles. The lowest BCUT2D eigenvalue weighted by Crippen LogP contribution is -2.11. The zero-order valence-electron chi connectivity index (χ0n) is 13.3. The first-order chi connectivity index (χ1) is 12.0. The maximum Gasteiger partial charge on any atom is 0.280 e. The van der Waals surface area contributed by atoms with Gasteiger partial charge in [-0.25, -0.2) is 26.4 Å². The van der Waals surface area contributed by atoms with Crippen LogP contribution in [0.3, 0.4) is 0 Å². The maximum absolute atomic E-state index is 14.4. The van der Waals surface area contributed by atoms with Crippen LogP contribution in [-0.4, -0.2) is 19.8 Å². The first-order valence-electron chi connectivity index (χ1n) is 7.32. The smallest absolute Gasteiger partial charge is 0.280 e. The van der Waals surface area contributed by atoms with E-state index in [1.807, 2.05) is 0 Å². The van der Waals surface area contributed by atoms with Gasteiger partial charge < -0.3 is 9.84 Å². The molecule has 0 aliphatic heterocycles. The van der Waals surface area contributed by atoms with E-state index in [0.29, 0.717) is 0 Å². The molecule has 1 aliphatic rings. The molecule has 0 aromatic heterocycles. The van der Waals surface area contributed by atoms with Crippen molar-refractivity contribution in [3.05, 3.63) is 58.7 Å². The summed E-state index contributed by atoms with van der Waals surface area (Å²) < 4.78 is 71.4. The molecule has 0 spiro atoms. The van der Waals surface area contributed by atoms with E-state index in [4.69, 9.17) is 11.3 Å². The van der Waals surface area contributed by atoms with Gasteiger partial charge in [-0.15, -0.1) is 0 Å². The molecule has 2 aromatic carbocycles. The van der Waals surface area contributed by atoms with E-state index in [0.717, 1.165) is 36.6 Å². The molecule has 3 rings (SSSR count). The summed E-state index contributed by atoms with van der Waals surface area (Å²) in [5.41, 5.74) is -1.26. The Kier molecular flexibility index (Phi) is 4.21. The highest BCUT2D eigenvalue weighted by Gasteiger charge is 2.49. The molecule has 0 saturated heterocycles. The Bertz CT molecular complexity index is 1040. The van der Waals surface area contributed by atoms with Gasteiger partial charge in [0.2, 0.25) is 0 Å². The van der Waals surface area contributed by atoms with Crippen molar-refractivity contribution in [2.24, 2.45) is 0 Å². The first kappa shape index (κ1) is 18.2. The van der Waals surface area contributed by atoms with Gasteiger partial charge in [0.1, 0.15) is 17.3 Å². The average molecular weight is 383 g/mol. The Morgan fingerprint density at radius 2 is 2.00 bits per heavy atom. The summed E-state index contributed by atoms with van der Waals surface area (Å²) in [6, 6.07) is 5.12. The van der Waals surface area contributed by atoms with Gasteiger partial charge in [-0.1, -0.05) is 0 Å². The summed E-state index contributed by atoms with van der Waals surface area (Å²) in [4.78, 5) is 2.64. The van der Waals surface area contributed by atoms with Gasteiger partial charge >= 0.3 is 0 Å². The van der Waals surface area contributed by atoms with Crippen LogP contribution < -0.4 is 4.74 Å². The summed E-state index contributed by atoms with van der Waals surface area (Å²) in [5.74, 6) is -4.91. The summed E-state index contributed by atoms with van der Waals surface area (Å²) in [5, 5.41) is 9.98. The number of nitrogens with zero attached hydrogens (tertiary/aromatic N) is 1. The van der Waals surface area contributed by atoms with E-state index in [9.17, 15) is 26.7 Å². The molecule has 1 atom stereocenters. The van der Waals surface area contributed by atoms with Gasteiger partial charge in [0.15, 0.2) is 15.5 Å². The molecule has 1 aliphatic carbocycles. The number of aliphatic hydroxyl groups is 1. The monoisotopic (exact) mass is 383 g/mol. The average Bonchev–Trinajstić information content (AvgIpc) is 2.76. The molecule has 2 aromatic rings. The largest absolute Gasteiger partial charge is 0.458 e. The highest BCUT2D eigenvalue weighted by Crippen LogP contribution is 2.53. The summed E-state index contributed by atoms with van der Waals surface area (Å²) in [7, 11) is -3.87. The van der Waals surface area contributed by atoms with Crippen molar-refractivity contribution < 1.29 is 31.4 Å². The number of fused-ring (bicyclic) bond motifs is 1. The lowest BCUT2D eigenvalue weighted by atomic mass is 10.1. The Balaban J connectivity index is 2.19. The van der Waals surface area contributed by atoms with Gasteiger partial charge in [-0.3, -0.25) is 0 Å². The van der Waals surface area contributed by atoms with Gasteiger partial charge in [0, 0.05) is 24.3 Å². The minimum Gasteiger partial charge on any atom is -0.458 e. The van der Waals surface area contributed by atoms with Crippen LogP contribution in [-0.2, 0) is 15.8 Å². The lowest BCUT2D eigenvalue weighted by molar-refractivity contribution is -0.0306. The normalized spacial score (nSPS) is 18.2. The predicted octanol–water partition coefficient (Wildman–Crippen LogP) is 4.10. The van der Waals surface area contributed by atoms with Crippen LogP contribution in [0, 0.1) is 12.4 Å². The van der Waals surface area contributed by atoms with Crippen molar-refractivity contribution in [2.45, 2.75) is 23.3 Å². The minimum absolute atomic E-state index is 0.0869. The molecule has 26 heavy (non-hydrogen) atoms. The number of sulfone groups is 1. The molecular formula is C17H12F3NO4S. The third-order valence-electron chi connectivity index (χ3n) is 3.93. The number of aliphatic hydroxyl groups excluding tert-OH is 1. The van der Waals surface area contributed by atoms with Crippen LogP contribution in [0.2, 0.25) is 0 Å². The predicted molar refractivity (Wildman–Crippen MR) is 85.8 cm³/mol. The fourth-order valence-corrected chi connectivity index (χ4v) is 3.90. The van der Waals surface area contributed by atoms with Crippen molar-refractivity contribution in [1.82, 2.24) is 0 Å². The molecule has 0 unspecified atom stereocenters. The second-order valence-electron chi connectivity index (χ2n) is 5.91. The second kappa shape index (κ2) is 6.00. The van der Waals surface area contributed by atoms with Gasteiger partial charge in [0.05, 0.1) is 23.1 Å². The van der Waals surface area contributed by atoms with Crippen molar-refractivity contribution >= 4 is 15.5 Å². The molecule has 0 bridgehead atoms. The van der Waals surface area contributed by atoms with Crippen LogP contribution >= 0.6 is 0 Å². The Morgan fingerprint density at radius 1 is 1.31 bits per heavy atom. The molecule has 0 saturated carbocycles. The molecular weight excluding hydrogens is 371 g/mol. The van der Waals surface area contributed by atoms with E-state index < -0.39 is 55.9 Å². The Labute approximate surface area is 147 Å². The van der Waals surface area contributed by atoms with Crippen molar-refractivity contribution in [3.63, 3.8) is 0 Å². The molecule has 1 N–H and O–H groups in total. The number of benzene rings is 2. The Hall–Kier alpha value is -2.57. The van der Waals surface area contributed by atoms with E-state index in [1.165, 1.54) is 0 Å². The number of hydrogen-bond acceptors (Lipinski definition) is 4. The summed E-state index contributed by atoms with van der Waals surface area (Å²) >= 11 is 0. The van der Waals surface area contributed by atoms with Crippen LogP contribution in [0.15, 0.2) is 35.2 Å². The number of alkyl halides is 2. The number of ether oxygens (including phenoxy) is 1. The standard InChI is InChI=1S/C17H12F3NO4S/c1-21-10-5-9(18)6-11(7-10)25-13-3-4-14(26(2,23)24)15-12(22)8-17(19,20)16(13)15/h3-7,12,22H,8H2,2H3/t12-/m1/s1. The van der Waals surface area contributed by atoms with Crippen LogP contribution in [0.4, 0.5) is 18.9 Å². The van der Waals surface area contributed by atoms with Gasteiger partial charge in [-0.2, -0.15) is 0 Å². The quantitative estimate of drug-likeness (QED) is 0.811. The number of halogens is 3. The highest BCUT2D eigenvalue weighted by atomic mass is 32.2. The maximum atomic E-state index is 14.4. The zero-order chi connectivity index (χ0) is 19.3. The molecule has 0 amide bonds. The first-order valence-corrected chi connectivity index (χ1v) is 9.21. The van der Waals surface area contributed by atoms with Crippen LogP contribution in [0.1, 0.15) is 23.7 Å². The highest BCUT2D eigenvalue weighted by molar-refractivity contribution is 7.90. The molecule has 9 heteroatoms. The van der Waals surface area contributed by atoms with Crippen molar-refractivity contribution in [3.8, 4) is 11.5 Å². The minimum atomic E-state index is -3.87. The SMILES string of the molecule is [C-]#[N+]c1cc(F)cc(Oc2ccc(S(C)(=O)=O)c3c2C(F)(F)C[C@H]3O)c1. The third kappa shape index (κ3) is 3.13. The van der Waals surface area contributed by atoms with E-state index in [2.05, 4.69) is 4.85 Å². The fraction of sp³-hybridized carbons (Fsp3) is 0.235. The summed E-state index contributed by atoms with van der Waals surface area (Å²) in [6.07, 6.45) is -1.82. The van der Waals surface area contributed by atoms with Crippen molar-refractivity contribution in [2.75, 3.05) is 6.26 Å². The van der Waals surface area contributed by atoms with E-state index >= 15 is 0 Å². The van der Waals surface area contributed by atoms with Crippen molar-refractivity contribution in [1.29, 1.82) is 0 Å². The molecule has 0 radical (unpaired) electrons. The topological polar surface area (TPSA) is 68.0 Å². The Morgan fingerprint density at radius 3 is 2.62 bits per heavy atom. The summed E-state index contributed by atoms with van der Waals surface area (Å²) in [6.45, 7) is 6.91. The zero-order valence-corrected chi connectivity index (χ0v) is 14.1. The number of rotatable bonds is 3. The van der Waals surface area contributed by atoms with Gasteiger partial charge in [0.25, 0.3) is 5.92 Å². The third-order valence-corrected chi connectivity index (χ3v) is 5.08. The molecule has 136 valence electrons. The van der Waals surface area contributed by atoms with E-state index in [-0.39, 0.29) is 11.4 Å². The fourth-order valence-electron chi connectivity index (χ4n) is 2.94.